The Bertz CT molecular complexity index is 1230. The van der Waals surface area contributed by atoms with E-state index in [1.165, 1.54) is 65.9 Å². The summed E-state index contributed by atoms with van der Waals surface area (Å²) in [7, 11) is 4.48. The van der Waals surface area contributed by atoms with Crippen LogP contribution in [0.1, 0.15) is 16.7 Å². The Labute approximate surface area is 154 Å². The number of aromatic nitrogens is 1. The Morgan fingerprint density at radius 1 is 0.731 bits per heavy atom. The highest BCUT2D eigenvalue weighted by Gasteiger charge is 2.35. The number of hydrogen-bond donors (Lipinski definition) is 1. The van der Waals surface area contributed by atoms with E-state index in [4.69, 9.17) is 0 Å². The van der Waals surface area contributed by atoms with Crippen LogP contribution in [-0.2, 0) is 7.05 Å². The lowest BCUT2D eigenvalue weighted by molar-refractivity contribution is -0.734. The van der Waals surface area contributed by atoms with E-state index in [0.717, 1.165) is 0 Å². The lowest BCUT2D eigenvalue weighted by atomic mass is 9.91. The SMILES string of the molecule is Cc1ccc2c(c1)-c1c3c(cc(C)cc3c3cc(C)ccc3[n+]1C)[NH+]2C. The second-order valence-corrected chi connectivity index (χ2v) is 7.84. The molecule has 26 heavy (non-hydrogen) atoms. The van der Waals surface area contributed by atoms with E-state index in [1.54, 1.807) is 0 Å². The van der Waals surface area contributed by atoms with Gasteiger partial charge in [0.2, 0.25) is 11.2 Å². The van der Waals surface area contributed by atoms with E-state index < -0.39 is 0 Å². The second kappa shape index (κ2) is 5.15. The number of aryl methyl sites for hydroxylation is 4. The highest BCUT2D eigenvalue weighted by atomic mass is 15.1. The minimum Gasteiger partial charge on any atom is -0.271 e. The van der Waals surface area contributed by atoms with Crippen molar-refractivity contribution in [2.45, 2.75) is 20.8 Å². The average Bonchev–Trinajstić information content (AvgIpc) is 2.61. The molecule has 0 bridgehead atoms. The van der Waals surface area contributed by atoms with Gasteiger partial charge in [-0.25, -0.2) is 0 Å². The smallest absolute Gasteiger partial charge is 0.232 e. The van der Waals surface area contributed by atoms with Gasteiger partial charge in [0.1, 0.15) is 23.7 Å². The standard InChI is InChI=1S/C24H23N2/c1-14-6-8-20-17(10-14)18-12-16(3)13-22-23(18)24(26(20)5)19-11-15(2)7-9-21(19)25(22)4/h6-13H,1-5H3/q+1/p+1. The van der Waals surface area contributed by atoms with Gasteiger partial charge in [0, 0.05) is 23.6 Å². The van der Waals surface area contributed by atoms with Gasteiger partial charge in [-0.2, -0.15) is 4.57 Å². The molecule has 2 heterocycles. The highest BCUT2D eigenvalue weighted by Crippen LogP contribution is 2.41. The molecule has 1 atom stereocenters. The fraction of sp³-hybridized carbons (Fsp3) is 0.208. The van der Waals surface area contributed by atoms with Crippen LogP contribution in [-0.4, -0.2) is 7.05 Å². The van der Waals surface area contributed by atoms with Gasteiger partial charge in [0.25, 0.3) is 0 Å². The van der Waals surface area contributed by atoms with Crippen LogP contribution < -0.4 is 9.47 Å². The molecule has 1 unspecified atom stereocenters. The number of quaternary nitrogens is 1. The largest absolute Gasteiger partial charge is 0.271 e. The molecule has 4 aromatic rings. The molecule has 5 rings (SSSR count). The molecule has 1 N–H and O–H groups in total. The predicted octanol–water partition coefficient (Wildman–Crippen LogP) is 4.20. The van der Waals surface area contributed by atoms with E-state index >= 15 is 0 Å². The maximum atomic E-state index is 2.39. The number of nitrogens with one attached hydrogen (secondary N) is 1. The van der Waals surface area contributed by atoms with Gasteiger partial charge in [-0.3, -0.25) is 4.90 Å². The molecule has 128 valence electrons. The number of nitrogens with zero attached hydrogens (tertiary/aromatic N) is 1. The van der Waals surface area contributed by atoms with E-state index in [9.17, 15) is 0 Å². The average molecular weight is 340 g/mol. The molecule has 0 spiro atoms. The van der Waals surface area contributed by atoms with Crippen LogP contribution in [0.15, 0.2) is 48.5 Å². The van der Waals surface area contributed by atoms with Gasteiger partial charge in [-0.1, -0.05) is 17.7 Å². The van der Waals surface area contributed by atoms with Crippen LogP contribution in [0.25, 0.3) is 32.9 Å². The van der Waals surface area contributed by atoms with Crippen molar-refractivity contribution >= 4 is 33.1 Å². The first-order chi connectivity index (χ1) is 12.5. The first-order valence-corrected chi connectivity index (χ1v) is 9.28. The zero-order valence-electron chi connectivity index (χ0n) is 16.1. The highest BCUT2D eigenvalue weighted by molar-refractivity contribution is 6.14. The molecule has 1 aliphatic heterocycles. The summed E-state index contributed by atoms with van der Waals surface area (Å²) >= 11 is 0. The topological polar surface area (TPSA) is 8.32 Å². The molecule has 0 saturated heterocycles. The summed E-state index contributed by atoms with van der Waals surface area (Å²) in [5, 5.41) is 4.12. The molecular formula is C24H24N2+2. The van der Waals surface area contributed by atoms with Crippen molar-refractivity contribution in [1.82, 2.24) is 0 Å². The Hall–Kier alpha value is -2.71. The minimum atomic E-state index is 1.29. The van der Waals surface area contributed by atoms with Gasteiger partial charge in [-0.05, 0) is 50.1 Å². The second-order valence-electron chi connectivity index (χ2n) is 7.84. The van der Waals surface area contributed by atoms with Crippen LogP contribution in [0, 0.1) is 20.8 Å². The van der Waals surface area contributed by atoms with Crippen LogP contribution in [0.2, 0.25) is 0 Å². The fourth-order valence-electron chi connectivity index (χ4n) is 4.64. The lowest BCUT2D eigenvalue weighted by Gasteiger charge is -2.24. The Kier molecular flexibility index (Phi) is 3.08. The summed E-state index contributed by atoms with van der Waals surface area (Å²) in [6, 6.07) is 18.4. The van der Waals surface area contributed by atoms with E-state index in [-0.39, 0.29) is 0 Å². The van der Waals surface area contributed by atoms with E-state index in [0.29, 0.717) is 0 Å². The maximum absolute atomic E-state index is 2.39. The summed E-state index contributed by atoms with van der Waals surface area (Å²) in [5.74, 6) is 0. The number of rotatable bonds is 0. The molecule has 1 aliphatic rings. The van der Waals surface area contributed by atoms with Crippen molar-refractivity contribution in [3.05, 3.63) is 65.2 Å². The summed E-state index contributed by atoms with van der Waals surface area (Å²) in [5.41, 5.74) is 10.7. The molecule has 3 aromatic carbocycles. The van der Waals surface area contributed by atoms with Crippen LogP contribution in [0.4, 0.5) is 11.4 Å². The molecule has 0 aliphatic carbocycles. The number of hydrogen-bond acceptors (Lipinski definition) is 0. The first-order valence-electron chi connectivity index (χ1n) is 9.28. The Morgan fingerprint density at radius 2 is 1.42 bits per heavy atom. The molecule has 0 saturated carbocycles. The van der Waals surface area contributed by atoms with Crippen molar-refractivity contribution in [2.24, 2.45) is 7.05 Å². The number of fused-ring (bicyclic) bond motifs is 4. The molecular weight excluding hydrogens is 316 g/mol. The first kappa shape index (κ1) is 15.5. The Balaban J connectivity index is 2.11. The summed E-state index contributed by atoms with van der Waals surface area (Å²) in [6.45, 7) is 6.57. The van der Waals surface area contributed by atoms with Crippen molar-refractivity contribution in [2.75, 3.05) is 7.05 Å². The molecule has 0 radical (unpaired) electrons. The third-order valence-corrected chi connectivity index (χ3v) is 5.90. The lowest BCUT2D eigenvalue weighted by Crippen LogP contribution is -2.99. The van der Waals surface area contributed by atoms with E-state index in [2.05, 4.69) is 88.0 Å². The number of benzene rings is 3. The molecule has 2 heteroatoms. The molecule has 0 amide bonds. The quantitative estimate of drug-likeness (QED) is 0.363. The monoisotopic (exact) mass is 340 g/mol. The summed E-state index contributed by atoms with van der Waals surface area (Å²) in [4.78, 5) is 1.38. The van der Waals surface area contributed by atoms with Gasteiger partial charge < -0.3 is 0 Å². The van der Waals surface area contributed by atoms with Gasteiger partial charge in [0.05, 0.1) is 12.4 Å². The minimum absolute atomic E-state index is 1.29. The van der Waals surface area contributed by atoms with Gasteiger partial charge in [-0.15, -0.1) is 0 Å². The van der Waals surface area contributed by atoms with Gasteiger partial charge >= 0.3 is 0 Å². The van der Waals surface area contributed by atoms with Gasteiger partial charge in [0.15, 0.2) is 5.69 Å². The Morgan fingerprint density at radius 3 is 2.23 bits per heavy atom. The van der Waals surface area contributed by atoms with Crippen LogP contribution in [0.5, 0.6) is 0 Å². The van der Waals surface area contributed by atoms with Crippen molar-refractivity contribution in [3.63, 3.8) is 0 Å². The molecule has 2 nitrogen and oxygen atoms in total. The molecule has 1 aromatic heterocycles. The normalized spacial score (nSPS) is 15.5. The fourth-order valence-corrected chi connectivity index (χ4v) is 4.64. The van der Waals surface area contributed by atoms with Crippen molar-refractivity contribution < 1.29 is 9.47 Å². The zero-order valence-corrected chi connectivity index (χ0v) is 16.1. The molecule has 0 fully saturated rings. The zero-order chi connectivity index (χ0) is 18.2. The third-order valence-electron chi connectivity index (χ3n) is 5.90. The predicted molar refractivity (Wildman–Crippen MR) is 108 cm³/mol. The summed E-state index contributed by atoms with van der Waals surface area (Å²) < 4.78 is 2.39. The van der Waals surface area contributed by atoms with Crippen LogP contribution in [0.3, 0.4) is 0 Å². The number of pyridine rings is 1. The third kappa shape index (κ3) is 1.94. The van der Waals surface area contributed by atoms with Crippen molar-refractivity contribution in [1.29, 1.82) is 0 Å². The maximum Gasteiger partial charge on any atom is 0.232 e. The van der Waals surface area contributed by atoms with Crippen LogP contribution >= 0.6 is 0 Å². The van der Waals surface area contributed by atoms with E-state index in [1.807, 2.05) is 0 Å². The summed E-state index contributed by atoms with van der Waals surface area (Å²) in [6.07, 6.45) is 0. The van der Waals surface area contributed by atoms with Crippen molar-refractivity contribution in [3.8, 4) is 11.3 Å².